The zero-order valence-electron chi connectivity index (χ0n) is 7.78. The van der Waals surface area contributed by atoms with Gasteiger partial charge in [0.25, 0.3) is 0 Å². The van der Waals surface area contributed by atoms with E-state index < -0.39 is 17.7 Å². The molecule has 0 aliphatic rings. The zero-order valence-corrected chi connectivity index (χ0v) is 8.60. The molecule has 1 aromatic carbocycles. The van der Waals surface area contributed by atoms with Crippen LogP contribution >= 0.6 is 11.3 Å². The van der Waals surface area contributed by atoms with Crippen LogP contribution in [0.4, 0.5) is 8.78 Å². The smallest absolute Gasteiger partial charge is 0.126 e. The summed E-state index contributed by atoms with van der Waals surface area (Å²) in [6.07, 6.45) is 0. The molecule has 0 spiro atoms. The van der Waals surface area contributed by atoms with Crippen molar-refractivity contribution in [2.75, 3.05) is 0 Å². The second-order valence-electron chi connectivity index (χ2n) is 3.24. The number of hydrogen-bond acceptors (Lipinski definition) is 2. The van der Waals surface area contributed by atoms with Gasteiger partial charge in [0.1, 0.15) is 11.6 Å². The normalized spacial score (nSPS) is 12.7. The van der Waals surface area contributed by atoms with Crippen molar-refractivity contribution in [3.8, 4) is 0 Å². The monoisotopic (exact) mass is 225 g/mol. The summed E-state index contributed by atoms with van der Waals surface area (Å²) in [5.74, 6) is -1.20. The average Bonchev–Trinajstić information content (AvgIpc) is 2.67. The molecule has 0 bridgehead atoms. The fourth-order valence-electron chi connectivity index (χ4n) is 1.40. The zero-order chi connectivity index (χ0) is 10.8. The highest BCUT2D eigenvalue weighted by Crippen LogP contribution is 2.22. The third-order valence-electron chi connectivity index (χ3n) is 2.15. The lowest BCUT2D eigenvalue weighted by atomic mass is 10.0. The SMILES string of the molecule is N[C@@H](c1ccsc1)c1cc(F)cc(F)c1. The van der Waals surface area contributed by atoms with Crippen molar-refractivity contribution in [3.05, 3.63) is 57.8 Å². The van der Waals surface area contributed by atoms with E-state index >= 15 is 0 Å². The average molecular weight is 225 g/mol. The van der Waals surface area contributed by atoms with Crippen LogP contribution in [0.1, 0.15) is 17.2 Å². The molecular formula is C11H9F2NS. The summed E-state index contributed by atoms with van der Waals surface area (Å²) in [7, 11) is 0. The Morgan fingerprint density at radius 1 is 1.07 bits per heavy atom. The lowest BCUT2D eigenvalue weighted by Gasteiger charge is -2.10. The molecular weight excluding hydrogens is 216 g/mol. The van der Waals surface area contributed by atoms with E-state index in [9.17, 15) is 8.78 Å². The van der Waals surface area contributed by atoms with Gasteiger partial charge in [0, 0.05) is 6.07 Å². The summed E-state index contributed by atoms with van der Waals surface area (Å²) in [5.41, 5.74) is 7.19. The van der Waals surface area contributed by atoms with Crippen LogP contribution in [0.3, 0.4) is 0 Å². The first kappa shape index (κ1) is 10.3. The van der Waals surface area contributed by atoms with Crippen LogP contribution in [-0.4, -0.2) is 0 Å². The van der Waals surface area contributed by atoms with Crippen LogP contribution in [0, 0.1) is 11.6 Å². The van der Waals surface area contributed by atoms with Crippen LogP contribution in [-0.2, 0) is 0 Å². The van der Waals surface area contributed by atoms with E-state index in [1.165, 1.54) is 23.5 Å². The summed E-state index contributed by atoms with van der Waals surface area (Å²) in [5, 5.41) is 3.75. The van der Waals surface area contributed by atoms with Gasteiger partial charge in [-0.25, -0.2) is 8.78 Å². The Morgan fingerprint density at radius 2 is 1.73 bits per heavy atom. The fraction of sp³-hybridized carbons (Fsp3) is 0.0909. The maximum atomic E-state index is 12.9. The molecule has 1 heterocycles. The number of benzene rings is 1. The number of halogens is 2. The summed E-state index contributed by atoms with van der Waals surface area (Å²) in [6.45, 7) is 0. The number of thiophene rings is 1. The van der Waals surface area contributed by atoms with Crippen LogP contribution < -0.4 is 5.73 Å². The van der Waals surface area contributed by atoms with Crippen molar-refractivity contribution in [1.82, 2.24) is 0 Å². The predicted octanol–water partition coefficient (Wildman–Crippen LogP) is 3.07. The standard InChI is InChI=1S/C11H9F2NS/c12-9-3-8(4-10(13)5-9)11(14)7-1-2-15-6-7/h1-6,11H,14H2/t11-/m0/s1. The summed E-state index contributed by atoms with van der Waals surface area (Å²) in [6, 6.07) is 4.72. The van der Waals surface area contributed by atoms with Crippen LogP contribution in [0.25, 0.3) is 0 Å². The molecule has 1 atom stereocenters. The molecule has 1 aromatic heterocycles. The maximum absolute atomic E-state index is 12.9. The molecule has 0 amide bonds. The van der Waals surface area contributed by atoms with Gasteiger partial charge < -0.3 is 5.73 Å². The molecule has 0 saturated heterocycles. The highest BCUT2D eigenvalue weighted by atomic mass is 32.1. The van der Waals surface area contributed by atoms with Gasteiger partial charge in [-0.05, 0) is 40.1 Å². The molecule has 2 rings (SSSR count). The van der Waals surface area contributed by atoms with E-state index in [1.54, 1.807) is 0 Å². The molecule has 78 valence electrons. The van der Waals surface area contributed by atoms with Gasteiger partial charge in [-0.1, -0.05) is 0 Å². The minimum Gasteiger partial charge on any atom is -0.320 e. The Labute approximate surface area is 90.2 Å². The number of hydrogen-bond donors (Lipinski definition) is 1. The molecule has 0 unspecified atom stereocenters. The molecule has 2 N–H and O–H groups in total. The lowest BCUT2D eigenvalue weighted by molar-refractivity contribution is 0.577. The molecule has 0 saturated carbocycles. The molecule has 0 fully saturated rings. The first-order chi connectivity index (χ1) is 7.16. The highest BCUT2D eigenvalue weighted by molar-refractivity contribution is 7.08. The Kier molecular flexibility index (Phi) is 2.79. The largest absolute Gasteiger partial charge is 0.320 e. The maximum Gasteiger partial charge on any atom is 0.126 e. The Balaban J connectivity index is 2.37. The third kappa shape index (κ3) is 2.22. The van der Waals surface area contributed by atoms with Crippen molar-refractivity contribution >= 4 is 11.3 Å². The Bertz CT molecular complexity index is 433. The van der Waals surface area contributed by atoms with E-state index in [2.05, 4.69) is 0 Å². The van der Waals surface area contributed by atoms with E-state index in [0.717, 1.165) is 11.6 Å². The van der Waals surface area contributed by atoms with E-state index in [0.29, 0.717) is 5.56 Å². The van der Waals surface area contributed by atoms with Gasteiger partial charge >= 0.3 is 0 Å². The summed E-state index contributed by atoms with van der Waals surface area (Å²) < 4.78 is 25.9. The number of nitrogens with two attached hydrogens (primary N) is 1. The first-order valence-electron chi connectivity index (χ1n) is 4.40. The van der Waals surface area contributed by atoms with Crippen LogP contribution in [0.5, 0.6) is 0 Å². The minimum absolute atomic E-state index is 0.450. The van der Waals surface area contributed by atoms with Gasteiger partial charge in [0.15, 0.2) is 0 Å². The molecule has 15 heavy (non-hydrogen) atoms. The van der Waals surface area contributed by atoms with Crippen LogP contribution in [0.15, 0.2) is 35.0 Å². The van der Waals surface area contributed by atoms with Crippen molar-refractivity contribution in [1.29, 1.82) is 0 Å². The third-order valence-corrected chi connectivity index (χ3v) is 2.85. The summed E-state index contributed by atoms with van der Waals surface area (Å²) in [4.78, 5) is 0. The highest BCUT2D eigenvalue weighted by Gasteiger charge is 2.11. The molecule has 0 radical (unpaired) electrons. The van der Waals surface area contributed by atoms with Crippen molar-refractivity contribution in [2.24, 2.45) is 5.73 Å². The van der Waals surface area contributed by atoms with Gasteiger partial charge in [0.2, 0.25) is 0 Å². The molecule has 4 heteroatoms. The topological polar surface area (TPSA) is 26.0 Å². The predicted molar refractivity (Wildman–Crippen MR) is 56.7 cm³/mol. The van der Waals surface area contributed by atoms with E-state index in [4.69, 9.17) is 5.73 Å². The van der Waals surface area contributed by atoms with Gasteiger partial charge in [-0.2, -0.15) is 11.3 Å². The van der Waals surface area contributed by atoms with Crippen LogP contribution in [0.2, 0.25) is 0 Å². The quantitative estimate of drug-likeness (QED) is 0.835. The minimum atomic E-state index is -0.601. The molecule has 0 aliphatic carbocycles. The van der Waals surface area contributed by atoms with Crippen molar-refractivity contribution < 1.29 is 8.78 Å². The molecule has 2 aromatic rings. The Hall–Kier alpha value is -1.26. The summed E-state index contributed by atoms with van der Waals surface area (Å²) >= 11 is 1.50. The van der Waals surface area contributed by atoms with Crippen molar-refractivity contribution in [3.63, 3.8) is 0 Å². The number of rotatable bonds is 2. The second kappa shape index (κ2) is 4.08. The fourth-order valence-corrected chi connectivity index (χ4v) is 2.10. The Morgan fingerprint density at radius 3 is 2.27 bits per heavy atom. The van der Waals surface area contributed by atoms with E-state index in [-0.39, 0.29) is 0 Å². The first-order valence-corrected chi connectivity index (χ1v) is 5.35. The second-order valence-corrected chi connectivity index (χ2v) is 4.02. The van der Waals surface area contributed by atoms with Crippen molar-refractivity contribution in [2.45, 2.75) is 6.04 Å². The van der Waals surface area contributed by atoms with Gasteiger partial charge in [0.05, 0.1) is 6.04 Å². The lowest BCUT2D eigenvalue weighted by Crippen LogP contribution is -2.11. The molecule has 0 aliphatic heterocycles. The molecule has 1 nitrogen and oxygen atoms in total. The van der Waals surface area contributed by atoms with E-state index in [1.807, 2.05) is 16.8 Å². The van der Waals surface area contributed by atoms with Gasteiger partial charge in [-0.3, -0.25) is 0 Å². The van der Waals surface area contributed by atoms with Gasteiger partial charge in [-0.15, -0.1) is 0 Å².